The monoisotopic (exact) mass is 229 g/mol. The van der Waals surface area contributed by atoms with Gasteiger partial charge in [0.15, 0.2) is 5.78 Å². The third-order valence-corrected chi connectivity index (χ3v) is 2.20. The van der Waals surface area contributed by atoms with E-state index in [4.69, 9.17) is 4.74 Å². The van der Waals surface area contributed by atoms with Crippen molar-refractivity contribution in [3.8, 4) is 0 Å². The Morgan fingerprint density at radius 2 is 1.75 bits per heavy atom. The first-order valence-corrected chi connectivity index (χ1v) is 5.73. The lowest BCUT2D eigenvalue weighted by molar-refractivity contribution is -0.122. The van der Waals surface area contributed by atoms with Crippen LogP contribution in [0.5, 0.6) is 0 Å². The molecule has 0 fully saturated rings. The van der Waals surface area contributed by atoms with E-state index in [1.54, 1.807) is 0 Å². The summed E-state index contributed by atoms with van der Waals surface area (Å²) < 4.78 is 5.26. The van der Waals surface area contributed by atoms with Crippen molar-refractivity contribution in [3.63, 3.8) is 0 Å². The molecule has 0 saturated heterocycles. The van der Waals surface area contributed by atoms with Crippen molar-refractivity contribution >= 4 is 11.9 Å². The highest BCUT2D eigenvalue weighted by molar-refractivity contribution is 5.85. The molecule has 1 atom stereocenters. The van der Waals surface area contributed by atoms with Gasteiger partial charge in [-0.3, -0.25) is 9.69 Å². The number of hydrogen-bond donors (Lipinski definition) is 0. The Kier molecular flexibility index (Phi) is 5.48. The van der Waals surface area contributed by atoms with Crippen LogP contribution >= 0.6 is 0 Å². The van der Waals surface area contributed by atoms with Crippen molar-refractivity contribution in [2.24, 2.45) is 0 Å². The largest absolute Gasteiger partial charge is 0.444 e. The third-order valence-electron chi connectivity index (χ3n) is 2.20. The van der Waals surface area contributed by atoms with Crippen molar-refractivity contribution in [2.45, 2.75) is 59.6 Å². The molecular formula is C12H23NO3. The van der Waals surface area contributed by atoms with Gasteiger partial charge in [0.1, 0.15) is 5.60 Å². The number of ether oxygens (including phenoxy) is 1. The van der Waals surface area contributed by atoms with Crippen LogP contribution in [0.25, 0.3) is 0 Å². The molecule has 0 aromatic carbocycles. The number of amides is 1. The minimum Gasteiger partial charge on any atom is -0.444 e. The van der Waals surface area contributed by atoms with E-state index in [9.17, 15) is 9.59 Å². The number of hydrogen-bond acceptors (Lipinski definition) is 3. The van der Waals surface area contributed by atoms with Crippen LogP contribution in [0.4, 0.5) is 4.79 Å². The van der Waals surface area contributed by atoms with Crippen LogP contribution in [0, 0.1) is 0 Å². The first kappa shape index (κ1) is 14.9. The van der Waals surface area contributed by atoms with Crippen LogP contribution < -0.4 is 0 Å². The Morgan fingerprint density at radius 3 is 2.00 bits per heavy atom. The van der Waals surface area contributed by atoms with E-state index in [2.05, 4.69) is 0 Å². The molecule has 1 unspecified atom stereocenters. The minimum absolute atomic E-state index is 0.00444. The summed E-state index contributed by atoms with van der Waals surface area (Å²) in [4.78, 5) is 24.7. The summed E-state index contributed by atoms with van der Waals surface area (Å²) in [6, 6.07) is -0.375. The summed E-state index contributed by atoms with van der Waals surface area (Å²) >= 11 is 0. The second kappa shape index (κ2) is 5.87. The van der Waals surface area contributed by atoms with Gasteiger partial charge in [-0.05, 0) is 41.0 Å². The van der Waals surface area contributed by atoms with Gasteiger partial charge in [-0.25, -0.2) is 4.79 Å². The van der Waals surface area contributed by atoms with Crippen LogP contribution in [-0.2, 0) is 9.53 Å². The van der Waals surface area contributed by atoms with E-state index in [1.807, 2.05) is 34.6 Å². The number of nitrogens with zero attached hydrogens (tertiary/aromatic N) is 1. The molecule has 0 spiro atoms. The maximum absolute atomic E-state index is 11.8. The number of Topliss-reactive ketones (excluding diaryl/α,β-unsaturated/α-hetero) is 1. The molecule has 4 nitrogen and oxygen atoms in total. The predicted octanol–water partition coefficient (Wildman–Crippen LogP) is 2.61. The molecule has 0 aromatic rings. The molecule has 4 heteroatoms. The van der Waals surface area contributed by atoms with Crippen molar-refractivity contribution in [3.05, 3.63) is 0 Å². The summed E-state index contributed by atoms with van der Waals surface area (Å²) in [6.07, 6.45) is 0.194. The molecule has 0 aliphatic rings. The van der Waals surface area contributed by atoms with Crippen LogP contribution in [0.2, 0.25) is 0 Å². The highest BCUT2D eigenvalue weighted by Gasteiger charge is 2.28. The fraction of sp³-hybridized carbons (Fsp3) is 0.833. The fourth-order valence-electron chi connectivity index (χ4n) is 1.52. The molecule has 0 rings (SSSR count). The Balaban J connectivity index is 4.71. The highest BCUT2D eigenvalue weighted by atomic mass is 16.6. The average molecular weight is 229 g/mol. The predicted molar refractivity (Wildman–Crippen MR) is 63.4 cm³/mol. The smallest absolute Gasteiger partial charge is 0.410 e. The highest BCUT2D eigenvalue weighted by Crippen LogP contribution is 2.13. The first-order chi connectivity index (χ1) is 7.22. The van der Waals surface area contributed by atoms with Gasteiger partial charge in [0.05, 0.1) is 6.04 Å². The lowest BCUT2D eigenvalue weighted by Crippen LogP contribution is -2.46. The summed E-state index contributed by atoms with van der Waals surface area (Å²) in [6.45, 7) is 11.1. The van der Waals surface area contributed by atoms with E-state index in [0.29, 0.717) is 13.0 Å². The minimum atomic E-state index is -0.528. The quantitative estimate of drug-likeness (QED) is 0.744. The maximum atomic E-state index is 11.8. The van der Waals surface area contributed by atoms with Crippen LogP contribution in [0.15, 0.2) is 0 Å². The van der Waals surface area contributed by atoms with Gasteiger partial charge in [0.2, 0.25) is 0 Å². The molecule has 0 aromatic heterocycles. The standard InChI is InChI=1S/C12H23NO3/c1-7-10(9(3)14)13(8-2)11(15)16-12(4,5)6/h10H,7-8H2,1-6H3. The summed E-state index contributed by atoms with van der Waals surface area (Å²) in [5.41, 5.74) is -0.528. The van der Waals surface area contributed by atoms with E-state index >= 15 is 0 Å². The van der Waals surface area contributed by atoms with Gasteiger partial charge in [-0.15, -0.1) is 0 Å². The van der Waals surface area contributed by atoms with Crippen LogP contribution in [0.1, 0.15) is 48.0 Å². The third kappa shape index (κ3) is 4.64. The van der Waals surface area contributed by atoms with E-state index in [1.165, 1.54) is 11.8 Å². The van der Waals surface area contributed by atoms with Gasteiger partial charge in [-0.1, -0.05) is 6.92 Å². The fourth-order valence-corrected chi connectivity index (χ4v) is 1.52. The zero-order chi connectivity index (χ0) is 12.9. The molecule has 0 N–H and O–H groups in total. The van der Waals surface area contributed by atoms with Crippen molar-refractivity contribution in [2.75, 3.05) is 6.54 Å². The van der Waals surface area contributed by atoms with E-state index in [0.717, 1.165) is 0 Å². The van der Waals surface area contributed by atoms with E-state index in [-0.39, 0.29) is 11.8 Å². The number of carbonyl (C=O) groups excluding carboxylic acids is 2. The summed E-state index contributed by atoms with van der Waals surface area (Å²) in [5.74, 6) is -0.00444. The van der Waals surface area contributed by atoms with E-state index < -0.39 is 11.7 Å². The van der Waals surface area contributed by atoms with Crippen molar-refractivity contribution in [1.82, 2.24) is 4.90 Å². The van der Waals surface area contributed by atoms with Gasteiger partial charge >= 0.3 is 6.09 Å². The number of ketones is 1. The van der Waals surface area contributed by atoms with Crippen molar-refractivity contribution in [1.29, 1.82) is 0 Å². The van der Waals surface area contributed by atoms with Crippen molar-refractivity contribution < 1.29 is 14.3 Å². The van der Waals surface area contributed by atoms with Gasteiger partial charge in [0, 0.05) is 6.54 Å². The lowest BCUT2D eigenvalue weighted by atomic mass is 10.1. The first-order valence-electron chi connectivity index (χ1n) is 5.73. The van der Waals surface area contributed by atoms with Crippen LogP contribution in [-0.4, -0.2) is 35.0 Å². The molecule has 0 aliphatic heterocycles. The average Bonchev–Trinajstić information content (AvgIpc) is 2.09. The van der Waals surface area contributed by atoms with Gasteiger partial charge in [-0.2, -0.15) is 0 Å². The number of likely N-dealkylation sites (N-methyl/N-ethyl adjacent to an activating group) is 1. The van der Waals surface area contributed by atoms with Crippen LogP contribution in [0.3, 0.4) is 0 Å². The zero-order valence-corrected chi connectivity index (χ0v) is 11.2. The molecule has 1 amide bonds. The second-order valence-corrected chi connectivity index (χ2v) is 4.80. The molecule has 0 bridgehead atoms. The Bertz CT molecular complexity index is 255. The van der Waals surface area contributed by atoms with Gasteiger partial charge < -0.3 is 4.74 Å². The summed E-state index contributed by atoms with van der Waals surface area (Å²) in [5, 5.41) is 0. The molecule has 16 heavy (non-hydrogen) atoms. The second-order valence-electron chi connectivity index (χ2n) is 4.80. The maximum Gasteiger partial charge on any atom is 0.410 e. The SMILES string of the molecule is CCC(C(C)=O)N(CC)C(=O)OC(C)(C)C. The molecule has 0 radical (unpaired) electrons. The lowest BCUT2D eigenvalue weighted by Gasteiger charge is -2.30. The molecule has 0 heterocycles. The number of carbonyl (C=O) groups is 2. The zero-order valence-electron chi connectivity index (χ0n) is 11.2. The Labute approximate surface area is 98.0 Å². The number of rotatable bonds is 4. The summed E-state index contributed by atoms with van der Waals surface area (Å²) in [7, 11) is 0. The normalized spacial score (nSPS) is 13.1. The molecule has 94 valence electrons. The molecule has 0 saturated carbocycles. The topological polar surface area (TPSA) is 46.6 Å². The van der Waals surface area contributed by atoms with Gasteiger partial charge in [0.25, 0.3) is 0 Å². The molecule has 0 aliphatic carbocycles. The Morgan fingerprint density at radius 1 is 1.25 bits per heavy atom. The molecular weight excluding hydrogens is 206 g/mol. The Hall–Kier alpha value is -1.06.